The second-order valence-electron chi connectivity index (χ2n) is 6.16. The second kappa shape index (κ2) is 6.99. The van der Waals surface area contributed by atoms with Crippen molar-refractivity contribution in [3.05, 3.63) is 60.2 Å². The third-order valence-electron chi connectivity index (χ3n) is 4.51. The minimum absolute atomic E-state index is 0.243. The molecule has 2 N–H and O–H groups in total. The van der Waals surface area contributed by atoms with Crippen molar-refractivity contribution < 1.29 is 0 Å². The average Bonchev–Trinajstić information content (AvgIpc) is 2.57. The van der Waals surface area contributed by atoms with Crippen LogP contribution in [-0.2, 0) is 13.1 Å². The predicted molar refractivity (Wildman–Crippen MR) is 87.7 cm³/mol. The molecular formula is C18H24N4. The van der Waals surface area contributed by atoms with Crippen LogP contribution < -0.4 is 5.73 Å². The van der Waals surface area contributed by atoms with Gasteiger partial charge in [0.15, 0.2) is 0 Å². The molecule has 0 aliphatic heterocycles. The van der Waals surface area contributed by atoms with Gasteiger partial charge < -0.3 is 5.73 Å². The Bertz CT molecular complexity index is 523. The number of nitrogens with zero attached hydrogens (tertiary/aromatic N) is 3. The van der Waals surface area contributed by atoms with E-state index in [1.165, 1.54) is 19.3 Å². The molecule has 0 amide bonds. The minimum atomic E-state index is -0.243. The number of hydrogen-bond donors (Lipinski definition) is 1. The van der Waals surface area contributed by atoms with Gasteiger partial charge in [-0.3, -0.25) is 14.9 Å². The molecule has 1 fully saturated rings. The highest BCUT2D eigenvalue weighted by Crippen LogP contribution is 2.31. The molecule has 116 valence electrons. The van der Waals surface area contributed by atoms with E-state index in [0.29, 0.717) is 0 Å². The summed E-state index contributed by atoms with van der Waals surface area (Å²) in [5, 5.41) is 0. The van der Waals surface area contributed by atoms with Crippen molar-refractivity contribution >= 4 is 0 Å². The van der Waals surface area contributed by atoms with Crippen LogP contribution >= 0.6 is 0 Å². The fourth-order valence-electron chi connectivity index (χ4n) is 3.23. The van der Waals surface area contributed by atoms with Crippen molar-refractivity contribution in [1.82, 2.24) is 14.9 Å². The number of aromatic nitrogens is 2. The summed E-state index contributed by atoms with van der Waals surface area (Å²) in [6, 6.07) is 12.1. The standard InChI is InChI=1S/C18H24N4/c19-18(10-4-1-5-11-18)22(14-16-8-2-6-12-20-16)15-17-9-3-7-13-21-17/h2-3,6-9,12-13H,1,4-5,10-11,14-15,19H2. The van der Waals surface area contributed by atoms with E-state index in [1.54, 1.807) is 0 Å². The van der Waals surface area contributed by atoms with E-state index in [0.717, 1.165) is 37.3 Å². The Balaban J connectivity index is 1.81. The lowest BCUT2D eigenvalue weighted by molar-refractivity contribution is 0.0379. The highest BCUT2D eigenvalue weighted by molar-refractivity contribution is 5.08. The van der Waals surface area contributed by atoms with E-state index in [2.05, 4.69) is 27.0 Å². The van der Waals surface area contributed by atoms with Crippen molar-refractivity contribution in [1.29, 1.82) is 0 Å². The van der Waals surface area contributed by atoms with Crippen molar-refractivity contribution in [2.24, 2.45) is 5.73 Å². The fourth-order valence-corrected chi connectivity index (χ4v) is 3.23. The first-order chi connectivity index (χ1) is 10.8. The zero-order valence-electron chi connectivity index (χ0n) is 13.0. The molecule has 0 unspecified atom stereocenters. The number of rotatable bonds is 5. The van der Waals surface area contributed by atoms with Crippen LogP contribution in [0.4, 0.5) is 0 Å². The Labute approximate surface area is 132 Å². The average molecular weight is 296 g/mol. The van der Waals surface area contributed by atoms with Crippen LogP contribution in [0.1, 0.15) is 43.5 Å². The molecule has 1 aliphatic carbocycles. The third kappa shape index (κ3) is 3.70. The van der Waals surface area contributed by atoms with Crippen molar-refractivity contribution in [2.45, 2.75) is 50.9 Å². The van der Waals surface area contributed by atoms with Gasteiger partial charge in [0.2, 0.25) is 0 Å². The van der Waals surface area contributed by atoms with Crippen molar-refractivity contribution in [3.8, 4) is 0 Å². The first-order valence-corrected chi connectivity index (χ1v) is 8.10. The predicted octanol–water partition coefficient (Wildman–Crippen LogP) is 3.10. The Morgan fingerprint density at radius 3 is 1.86 bits per heavy atom. The van der Waals surface area contributed by atoms with Gasteiger partial charge in [-0.15, -0.1) is 0 Å². The molecule has 0 bridgehead atoms. The zero-order valence-corrected chi connectivity index (χ0v) is 13.0. The smallest absolute Gasteiger partial charge is 0.0694 e. The van der Waals surface area contributed by atoms with Gasteiger partial charge in [-0.1, -0.05) is 31.4 Å². The third-order valence-corrected chi connectivity index (χ3v) is 4.51. The van der Waals surface area contributed by atoms with Crippen molar-refractivity contribution in [3.63, 3.8) is 0 Å². The van der Waals surface area contributed by atoms with Crippen LogP contribution in [0.5, 0.6) is 0 Å². The van der Waals surface area contributed by atoms with E-state index in [1.807, 2.05) is 36.7 Å². The van der Waals surface area contributed by atoms with Crippen LogP contribution in [0, 0.1) is 0 Å². The summed E-state index contributed by atoms with van der Waals surface area (Å²) in [6.07, 6.45) is 9.49. The maximum Gasteiger partial charge on any atom is 0.0694 e. The molecule has 2 heterocycles. The highest BCUT2D eigenvalue weighted by atomic mass is 15.3. The largest absolute Gasteiger partial charge is 0.313 e. The number of pyridine rings is 2. The van der Waals surface area contributed by atoms with E-state index >= 15 is 0 Å². The summed E-state index contributed by atoms with van der Waals surface area (Å²) in [7, 11) is 0. The van der Waals surface area contributed by atoms with Crippen molar-refractivity contribution in [2.75, 3.05) is 0 Å². The topological polar surface area (TPSA) is 55.0 Å². The summed E-state index contributed by atoms with van der Waals surface area (Å²) in [5.41, 5.74) is 8.65. The molecule has 0 saturated heterocycles. The molecule has 0 radical (unpaired) electrons. The molecule has 2 aromatic rings. The normalized spacial score (nSPS) is 17.5. The van der Waals surface area contributed by atoms with Gasteiger partial charge in [-0.05, 0) is 37.1 Å². The molecular weight excluding hydrogens is 272 g/mol. The summed E-state index contributed by atoms with van der Waals surface area (Å²) in [4.78, 5) is 11.3. The summed E-state index contributed by atoms with van der Waals surface area (Å²) in [5.74, 6) is 0. The molecule has 1 aliphatic rings. The Kier molecular flexibility index (Phi) is 4.80. The van der Waals surface area contributed by atoms with Crippen LogP contribution in [0.2, 0.25) is 0 Å². The van der Waals surface area contributed by atoms with Gasteiger partial charge in [0.05, 0.1) is 17.1 Å². The molecule has 0 spiro atoms. The van der Waals surface area contributed by atoms with Crippen LogP contribution in [0.15, 0.2) is 48.8 Å². The number of nitrogens with two attached hydrogens (primary N) is 1. The lowest BCUT2D eigenvalue weighted by atomic mass is 9.88. The molecule has 0 aromatic carbocycles. The molecule has 22 heavy (non-hydrogen) atoms. The SMILES string of the molecule is NC1(N(Cc2ccccn2)Cc2ccccn2)CCCCC1. The monoisotopic (exact) mass is 296 g/mol. The second-order valence-corrected chi connectivity index (χ2v) is 6.16. The van der Waals surface area contributed by atoms with Gasteiger partial charge in [0.1, 0.15) is 0 Å². The summed E-state index contributed by atoms with van der Waals surface area (Å²) < 4.78 is 0. The van der Waals surface area contributed by atoms with E-state index in [9.17, 15) is 0 Å². The van der Waals surface area contributed by atoms with Gasteiger partial charge in [0.25, 0.3) is 0 Å². The summed E-state index contributed by atoms with van der Waals surface area (Å²) >= 11 is 0. The molecule has 1 saturated carbocycles. The lowest BCUT2D eigenvalue weighted by Crippen LogP contribution is -2.56. The van der Waals surface area contributed by atoms with Gasteiger partial charge in [-0.2, -0.15) is 0 Å². The zero-order chi connectivity index (χ0) is 15.3. The van der Waals surface area contributed by atoms with Crippen LogP contribution in [-0.4, -0.2) is 20.5 Å². The van der Waals surface area contributed by atoms with Crippen LogP contribution in [0.3, 0.4) is 0 Å². The van der Waals surface area contributed by atoms with E-state index in [4.69, 9.17) is 5.73 Å². The first-order valence-electron chi connectivity index (χ1n) is 8.10. The van der Waals surface area contributed by atoms with Gasteiger partial charge in [-0.25, -0.2) is 0 Å². The summed E-state index contributed by atoms with van der Waals surface area (Å²) in [6.45, 7) is 1.54. The molecule has 4 heteroatoms. The first kappa shape index (κ1) is 15.1. The Morgan fingerprint density at radius 2 is 1.41 bits per heavy atom. The Morgan fingerprint density at radius 1 is 0.864 bits per heavy atom. The Hall–Kier alpha value is -1.78. The quantitative estimate of drug-likeness (QED) is 0.861. The lowest BCUT2D eigenvalue weighted by Gasteiger charge is -2.43. The molecule has 2 aromatic heterocycles. The fraction of sp³-hybridized carbons (Fsp3) is 0.444. The number of hydrogen-bond acceptors (Lipinski definition) is 4. The molecule has 3 rings (SSSR count). The highest BCUT2D eigenvalue weighted by Gasteiger charge is 2.34. The van der Waals surface area contributed by atoms with Crippen LogP contribution in [0.25, 0.3) is 0 Å². The van der Waals surface area contributed by atoms with E-state index in [-0.39, 0.29) is 5.66 Å². The van der Waals surface area contributed by atoms with Gasteiger partial charge >= 0.3 is 0 Å². The molecule has 4 nitrogen and oxygen atoms in total. The molecule has 0 atom stereocenters. The minimum Gasteiger partial charge on any atom is -0.313 e. The van der Waals surface area contributed by atoms with Gasteiger partial charge in [0, 0.05) is 25.5 Å². The maximum atomic E-state index is 6.77. The maximum absolute atomic E-state index is 6.77. The van der Waals surface area contributed by atoms with E-state index < -0.39 is 0 Å².